The first kappa shape index (κ1) is 10.7. The maximum absolute atomic E-state index is 10.4. The van der Waals surface area contributed by atoms with Gasteiger partial charge in [-0.05, 0) is 24.1 Å². The lowest BCUT2D eigenvalue weighted by atomic mass is 9.77. The Morgan fingerprint density at radius 2 is 2.21 bits per heavy atom. The molecule has 0 saturated carbocycles. The number of hydrogen-bond donors (Lipinski definition) is 1. The summed E-state index contributed by atoms with van der Waals surface area (Å²) >= 11 is 0. The summed E-state index contributed by atoms with van der Waals surface area (Å²) in [5.41, 5.74) is 6.58. The van der Waals surface area contributed by atoms with E-state index in [1.165, 1.54) is 0 Å². The van der Waals surface area contributed by atoms with Gasteiger partial charge in [0.2, 0.25) is 0 Å². The van der Waals surface area contributed by atoms with Crippen molar-refractivity contribution in [2.75, 3.05) is 0 Å². The molecule has 2 N–H and O–H groups in total. The van der Waals surface area contributed by atoms with Crippen LogP contribution in [0.15, 0.2) is 24.3 Å². The van der Waals surface area contributed by atoms with E-state index in [2.05, 4.69) is 0 Å². The molecule has 0 aromatic heterocycles. The third-order valence-corrected chi connectivity index (χ3v) is 1.88. The highest BCUT2D eigenvalue weighted by Gasteiger charge is 2.01. The Morgan fingerprint density at radius 1 is 1.50 bits per heavy atom. The van der Waals surface area contributed by atoms with Crippen LogP contribution in [0.5, 0.6) is 0 Å². The topological polar surface area (TPSA) is 95.9 Å². The van der Waals surface area contributed by atoms with E-state index in [-0.39, 0.29) is 6.42 Å². The largest absolute Gasteiger partial charge is 0.892 e. The Bertz CT molecular complexity index is 349. The summed E-state index contributed by atoms with van der Waals surface area (Å²) in [5.74, 6) is -0.941. The Balaban J connectivity index is 2.73. The van der Waals surface area contributed by atoms with Crippen LogP contribution in [0, 0.1) is 11.3 Å². The minimum atomic E-state index is -2.03. The predicted octanol–water partition coefficient (Wildman–Crippen LogP) is -1.82. The van der Waals surface area contributed by atoms with Crippen LogP contribution in [0.4, 0.5) is 0 Å². The van der Waals surface area contributed by atoms with Gasteiger partial charge in [0.1, 0.15) is 0 Å². The Morgan fingerprint density at radius 3 is 2.79 bits per heavy atom. The van der Waals surface area contributed by atoms with Gasteiger partial charge in [0.15, 0.2) is 0 Å². The second-order valence-corrected chi connectivity index (χ2v) is 3.05. The molecule has 0 spiro atoms. The van der Waals surface area contributed by atoms with Gasteiger partial charge in [0.25, 0.3) is 0 Å². The molecule has 1 aromatic rings. The van der Waals surface area contributed by atoms with Crippen LogP contribution in [0.25, 0.3) is 0 Å². The zero-order valence-electron chi connectivity index (χ0n) is 7.51. The molecule has 1 aromatic carbocycles. The second-order valence-electron chi connectivity index (χ2n) is 3.05. The monoisotopic (exact) mass is 188 g/mol. The molecule has 0 saturated heterocycles. The van der Waals surface area contributed by atoms with Crippen molar-refractivity contribution in [2.24, 2.45) is 5.73 Å². The number of hydrogen-bond acceptors (Lipinski definition) is 4. The molecule has 0 amide bonds. The molecule has 4 nitrogen and oxygen atoms in total. The normalized spacial score (nSPS) is 11.9. The smallest absolute Gasteiger partial charge is 0.0991 e. The minimum absolute atomic E-state index is 0.215. The molecular formula is C9H9BN2O2-2. The molecule has 1 atom stereocenters. The summed E-state index contributed by atoms with van der Waals surface area (Å²) in [6.07, 6.45) is 0.215. The number of nitriles is 1. The van der Waals surface area contributed by atoms with Gasteiger partial charge in [-0.2, -0.15) is 5.26 Å². The first-order valence-electron chi connectivity index (χ1n) is 4.19. The number of benzene rings is 1. The SMILES string of the molecule is N#Cc1cccc(CC(N)B([O-])[O-])c1. The zero-order chi connectivity index (χ0) is 10.6. The average Bonchev–Trinajstić information content (AvgIpc) is 2.18. The lowest BCUT2D eigenvalue weighted by molar-refractivity contribution is -0.351. The van der Waals surface area contributed by atoms with Crippen molar-refractivity contribution in [2.45, 2.75) is 12.4 Å². The molecule has 0 aliphatic carbocycles. The quantitative estimate of drug-likeness (QED) is 0.564. The van der Waals surface area contributed by atoms with E-state index in [9.17, 15) is 10.0 Å². The van der Waals surface area contributed by atoms with Crippen molar-refractivity contribution < 1.29 is 10.0 Å². The standard InChI is InChI=1S/C9H9BN2O2/c11-6-8-3-1-2-7(4-8)5-9(12)10(13)14/h1-4,9H,5,12H2/q-2. The van der Waals surface area contributed by atoms with Crippen LogP contribution < -0.4 is 15.8 Å². The van der Waals surface area contributed by atoms with Crippen molar-refractivity contribution in [3.63, 3.8) is 0 Å². The van der Waals surface area contributed by atoms with Crippen molar-refractivity contribution >= 4 is 7.12 Å². The van der Waals surface area contributed by atoms with Crippen LogP contribution in [0.1, 0.15) is 11.1 Å². The summed E-state index contributed by atoms with van der Waals surface area (Å²) in [6.45, 7) is 0. The predicted molar refractivity (Wildman–Crippen MR) is 48.6 cm³/mol. The van der Waals surface area contributed by atoms with E-state index in [0.717, 1.165) is 5.56 Å². The molecule has 14 heavy (non-hydrogen) atoms. The summed E-state index contributed by atoms with van der Waals surface area (Å²) in [7, 11) is -2.03. The third kappa shape index (κ3) is 2.85. The van der Waals surface area contributed by atoms with Gasteiger partial charge in [-0.15, -0.1) is 0 Å². The van der Waals surface area contributed by atoms with Crippen LogP contribution in [0.2, 0.25) is 0 Å². The van der Waals surface area contributed by atoms with Gasteiger partial charge in [0, 0.05) is 0 Å². The number of nitrogens with zero attached hydrogens (tertiary/aromatic N) is 1. The fraction of sp³-hybridized carbons (Fsp3) is 0.222. The molecule has 0 aliphatic heterocycles. The fourth-order valence-electron chi connectivity index (χ4n) is 1.14. The van der Waals surface area contributed by atoms with Gasteiger partial charge in [0.05, 0.1) is 11.6 Å². The lowest BCUT2D eigenvalue weighted by Gasteiger charge is -2.33. The number of rotatable bonds is 3. The highest BCUT2D eigenvalue weighted by Crippen LogP contribution is 2.05. The average molecular weight is 188 g/mol. The van der Waals surface area contributed by atoms with E-state index in [1.807, 2.05) is 6.07 Å². The van der Waals surface area contributed by atoms with E-state index in [1.54, 1.807) is 24.3 Å². The molecule has 0 radical (unpaired) electrons. The first-order chi connectivity index (χ1) is 6.63. The van der Waals surface area contributed by atoms with Crippen LogP contribution in [0.3, 0.4) is 0 Å². The van der Waals surface area contributed by atoms with E-state index in [0.29, 0.717) is 5.56 Å². The van der Waals surface area contributed by atoms with Crippen molar-refractivity contribution in [1.29, 1.82) is 5.26 Å². The lowest BCUT2D eigenvalue weighted by Crippen LogP contribution is -2.59. The maximum atomic E-state index is 10.4. The van der Waals surface area contributed by atoms with Gasteiger partial charge >= 0.3 is 0 Å². The Hall–Kier alpha value is -1.35. The molecule has 0 fully saturated rings. The summed E-state index contributed by atoms with van der Waals surface area (Å²) < 4.78 is 0. The second kappa shape index (κ2) is 4.77. The van der Waals surface area contributed by atoms with Gasteiger partial charge < -0.3 is 15.8 Å². The molecule has 0 bridgehead atoms. The van der Waals surface area contributed by atoms with Crippen molar-refractivity contribution in [3.05, 3.63) is 35.4 Å². The van der Waals surface area contributed by atoms with Crippen LogP contribution in [-0.2, 0) is 6.42 Å². The van der Waals surface area contributed by atoms with Crippen molar-refractivity contribution in [3.8, 4) is 6.07 Å². The Labute approximate surface area is 82.7 Å². The molecule has 72 valence electrons. The summed E-state index contributed by atoms with van der Waals surface area (Å²) in [4.78, 5) is 0. The van der Waals surface area contributed by atoms with Gasteiger partial charge in [-0.1, -0.05) is 25.2 Å². The van der Waals surface area contributed by atoms with Crippen LogP contribution in [-0.4, -0.2) is 13.1 Å². The highest BCUT2D eigenvalue weighted by molar-refractivity contribution is 6.39. The summed E-state index contributed by atoms with van der Waals surface area (Å²) in [5, 5.41) is 29.5. The molecule has 1 rings (SSSR count). The fourth-order valence-corrected chi connectivity index (χ4v) is 1.14. The third-order valence-electron chi connectivity index (χ3n) is 1.88. The van der Waals surface area contributed by atoms with E-state index < -0.39 is 13.1 Å². The van der Waals surface area contributed by atoms with Gasteiger partial charge in [-0.3, -0.25) is 0 Å². The van der Waals surface area contributed by atoms with E-state index in [4.69, 9.17) is 11.0 Å². The number of nitrogens with two attached hydrogens (primary N) is 1. The van der Waals surface area contributed by atoms with E-state index >= 15 is 0 Å². The van der Waals surface area contributed by atoms with Crippen LogP contribution >= 0.6 is 0 Å². The first-order valence-corrected chi connectivity index (χ1v) is 4.19. The summed E-state index contributed by atoms with van der Waals surface area (Å²) in [6, 6.07) is 8.69. The van der Waals surface area contributed by atoms with Gasteiger partial charge in [-0.25, -0.2) is 0 Å². The van der Waals surface area contributed by atoms with Crippen molar-refractivity contribution in [1.82, 2.24) is 0 Å². The molecule has 0 aliphatic rings. The molecule has 0 heterocycles. The Kier molecular flexibility index (Phi) is 3.66. The molecular weight excluding hydrogens is 179 g/mol. The highest BCUT2D eigenvalue weighted by atomic mass is 16.4. The molecule has 5 heteroatoms. The molecule has 1 unspecified atom stereocenters. The zero-order valence-corrected chi connectivity index (χ0v) is 7.51. The minimum Gasteiger partial charge on any atom is -0.892 e. The maximum Gasteiger partial charge on any atom is 0.0991 e.